The van der Waals surface area contributed by atoms with Crippen molar-refractivity contribution in [1.82, 2.24) is 10.2 Å². The van der Waals surface area contributed by atoms with E-state index in [0.29, 0.717) is 19.3 Å². The molecule has 0 aliphatic heterocycles. The molecule has 2 aromatic rings. The number of nitrogens with one attached hydrogen (secondary N) is 2. The Morgan fingerprint density at radius 3 is 2.84 bits per heavy atom. The number of H-pyrrole nitrogens is 1. The molecule has 0 radical (unpaired) electrons. The van der Waals surface area contributed by atoms with Gasteiger partial charge in [-0.1, -0.05) is 6.07 Å². The number of anilines is 1. The highest BCUT2D eigenvalue weighted by molar-refractivity contribution is 6.00. The Morgan fingerprint density at radius 2 is 2.05 bits per heavy atom. The van der Waals surface area contributed by atoms with Crippen molar-refractivity contribution in [2.24, 2.45) is 0 Å². The van der Waals surface area contributed by atoms with Crippen molar-refractivity contribution < 1.29 is 14.7 Å². The molecule has 0 bridgehead atoms. The summed E-state index contributed by atoms with van der Waals surface area (Å²) in [4.78, 5) is 22.1. The molecule has 0 atom stereocenters. The van der Waals surface area contributed by atoms with Crippen molar-refractivity contribution in [1.29, 1.82) is 0 Å². The molecule has 3 N–H and O–H groups in total. The summed E-state index contributed by atoms with van der Waals surface area (Å²) in [5.41, 5.74) is 1.58. The maximum atomic E-state index is 11.7. The van der Waals surface area contributed by atoms with E-state index in [-0.39, 0.29) is 12.3 Å². The number of amides is 1. The molecule has 0 spiro atoms. The zero-order valence-electron chi connectivity index (χ0n) is 10.3. The van der Waals surface area contributed by atoms with Gasteiger partial charge in [-0.05, 0) is 25.0 Å². The third-order valence-corrected chi connectivity index (χ3v) is 2.80. The van der Waals surface area contributed by atoms with Crippen molar-refractivity contribution >= 4 is 28.5 Å². The summed E-state index contributed by atoms with van der Waals surface area (Å²) >= 11 is 0. The number of carboxylic acid groups (broad SMARTS) is 1. The van der Waals surface area contributed by atoms with Crippen LogP contribution < -0.4 is 5.32 Å². The maximum Gasteiger partial charge on any atom is 0.303 e. The van der Waals surface area contributed by atoms with Crippen LogP contribution in [0.1, 0.15) is 25.7 Å². The predicted octanol–water partition coefficient (Wildman–Crippen LogP) is 2.15. The van der Waals surface area contributed by atoms with Crippen LogP contribution in [0.3, 0.4) is 0 Å². The molecule has 6 nitrogen and oxygen atoms in total. The fourth-order valence-electron chi connectivity index (χ4n) is 1.85. The summed E-state index contributed by atoms with van der Waals surface area (Å²) < 4.78 is 0. The molecule has 2 rings (SSSR count). The van der Waals surface area contributed by atoms with Crippen LogP contribution in [0.2, 0.25) is 0 Å². The van der Waals surface area contributed by atoms with Gasteiger partial charge in [0.1, 0.15) is 0 Å². The Balaban J connectivity index is 1.88. The van der Waals surface area contributed by atoms with Crippen molar-refractivity contribution in [3.8, 4) is 0 Å². The number of hydrogen-bond donors (Lipinski definition) is 3. The molecule has 0 saturated heterocycles. The molecule has 0 fully saturated rings. The van der Waals surface area contributed by atoms with E-state index in [9.17, 15) is 9.59 Å². The first kappa shape index (κ1) is 13.1. The molecule has 1 amide bonds. The van der Waals surface area contributed by atoms with E-state index in [0.717, 1.165) is 16.6 Å². The van der Waals surface area contributed by atoms with E-state index in [4.69, 9.17) is 5.11 Å². The number of fused-ring (bicyclic) bond motifs is 1. The molecule has 1 heterocycles. The second-order valence-corrected chi connectivity index (χ2v) is 4.29. The summed E-state index contributed by atoms with van der Waals surface area (Å²) in [7, 11) is 0. The highest BCUT2D eigenvalue weighted by Gasteiger charge is 2.07. The number of hydrogen-bond acceptors (Lipinski definition) is 3. The first-order valence-corrected chi connectivity index (χ1v) is 6.10. The largest absolute Gasteiger partial charge is 0.481 e. The van der Waals surface area contributed by atoms with E-state index in [2.05, 4.69) is 15.5 Å². The Hall–Kier alpha value is -2.37. The molecule has 100 valence electrons. The summed E-state index contributed by atoms with van der Waals surface area (Å²) in [6.07, 6.45) is 3.17. The second kappa shape index (κ2) is 5.99. The Morgan fingerprint density at radius 1 is 1.26 bits per heavy atom. The van der Waals surface area contributed by atoms with Crippen LogP contribution in [-0.4, -0.2) is 27.2 Å². The molecule has 19 heavy (non-hydrogen) atoms. The number of aliphatic carboxylic acids is 1. The van der Waals surface area contributed by atoms with Crippen molar-refractivity contribution in [3.63, 3.8) is 0 Å². The van der Waals surface area contributed by atoms with Gasteiger partial charge in [0, 0.05) is 18.2 Å². The molecular weight excluding hydrogens is 246 g/mol. The van der Waals surface area contributed by atoms with Gasteiger partial charge in [-0.2, -0.15) is 5.10 Å². The van der Waals surface area contributed by atoms with E-state index in [1.54, 1.807) is 6.20 Å². The number of aromatic nitrogens is 2. The molecule has 0 saturated carbocycles. The molecule has 0 unspecified atom stereocenters. The highest BCUT2D eigenvalue weighted by atomic mass is 16.4. The van der Waals surface area contributed by atoms with Crippen molar-refractivity contribution in [3.05, 3.63) is 24.4 Å². The number of benzene rings is 1. The second-order valence-electron chi connectivity index (χ2n) is 4.29. The van der Waals surface area contributed by atoms with Gasteiger partial charge < -0.3 is 10.4 Å². The number of unbranched alkanes of at least 4 members (excludes halogenated alkanes) is 1. The van der Waals surface area contributed by atoms with Crippen LogP contribution >= 0.6 is 0 Å². The van der Waals surface area contributed by atoms with Gasteiger partial charge in [-0.3, -0.25) is 14.7 Å². The third-order valence-electron chi connectivity index (χ3n) is 2.80. The normalized spacial score (nSPS) is 10.5. The standard InChI is InChI=1S/C13H15N3O3/c17-12(6-1-2-7-13(18)19)15-10-4-3-5-11-9(10)8-14-16-11/h3-5,8H,1-2,6-7H2,(H,14,16)(H,15,17)(H,18,19). The summed E-state index contributed by atoms with van der Waals surface area (Å²) in [5.74, 6) is -0.942. The topological polar surface area (TPSA) is 95.1 Å². The number of carbonyl (C=O) groups is 2. The number of carbonyl (C=O) groups excluding carboxylic acids is 1. The van der Waals surface area contributed by atoms with Crippen LogP contribution in [0, 0.1) is 0 Å². The predicted molar refractivity (Wildman–Crippen MR) is 70.8 cm³/mol. The van der Waals surface area contributed by atoms with Crippen LogP contribution in [0.15, 0.2) is 24.4 Å². The van der Waals surface area contributed by atoms with Crippen molar-refractivity contribution in [2.45, 2.75) is 25.7 Å². The molecule has 1 aromatic heterocycles. The van der Waals surface area contributed by atoms with Crippen LogP contribution in [0.25, 0.3) is 10.9 Å². The third kappa shape index (κ3) is 3.54. The van der Waals surface area contributed by atoms with Gasteiger partial charge in [0.05, 0.1) is 17.4 Å². The average Bonchev–Trinajstić information content (AvgIpc) is 2.84. The lowest BCUT2D eigenvalue weighted by molar-refractivity contribution is -0.137. The average molecular weight is 261 g/mol. The SMILES string of the molecule is O=C(O)CCCCC(=O)Nc1cccc2[nH]ncc12. The van der Waals surface area contributed by atoms with Crippen LogP contribution in [-0.2, 0) is 9.59 Å². The lowest BCUT2D eigenvalue weighted by Crippen LogP contribution is -2.11. The zero-order valence-corrected chi connectivity index (χ0v) is 10.3. The lowest BCUT2D eigenvalue weighted by Gasteiger charge is -2.05. The Bertz CT molecular complexity index is 592. The Labute approximate surface area is 109 Å². The van der Waals surface area contributed by atoms with Gasteiger partial charge in [-0.25, -0.2) is 0 Å². The van der Waals surface area contributed by atoms with Crippen molar-refractivity contribution in [2.75, 3.05) is 5.32 Å². The molecule has 0 aliphatic carbocycles. The van der Waals surface area contributed by atoms with Gasteiger partial charge in [-0.15, -0.1) is 0 Å². The minimum Gasteiger partial charge on any atom is -0.481 e. The van der Waals surface area contributed by atoms with Gasteiger partial charge in [0.25, 0.3) is 0 Å². The van der Waals surface area contributed by atoms with Gasteiger partial charge in [0.15, 0.2) is 0 Å². The fourth-order valence-corrected chi connectivity index (χ4v) is 1.85. The Kier molecular flexibility index (Phi) is 4.12. The van der Waals surface area contributed by atoms with E-state index >= 15 is 0 Å². The minimum absolute atomic E-state index is 0.102. The first-order valence-electron chi connectivity index (χ1n) is 6.10. The van der Waals surface area contributed by atoms with E-state index < -0.39 is 5.97 Å². The highest BCUT2D eigenvalue weighted by Crippen LogP contribution is 2.21. The van der Waals surface area contributed by atoms with Gasteiger partial charge >= 0.3 is 5.97 Å². The number of nitrogens with zero attached hydrogens (tertiary/aromatic N) is 1. The van der Waals surface area contributed by atoms with Crippen LogP contribution in [0.4, 0.5) is 5.69 Å². The summed E-state index contributed by atoms with van der Waals surface area (Å²) in [6.45, 7) is 0. The number of aromatic amines is 1. The van der Waals surface area contributed by atoms with Crippen LogP contribution in [0.5, 0.6) is 0 Å². The maximum absolute atomic E-state index is 11.7. The van der Waals surface area contributed by atoms with E-state index in [1.807, 2.05) is 18.2 Å². The lowest BCUT2D eigenvalue weighted by atomic mass is 10.1. The fraction of sp³-hybridized carbons (Fsp3) is 0.308. The number of rotatable bonds is 6. The summed E-state index contributed by atoms with van der Waals surface area (Å²) in [6, 6.07) is 5.53. The molecule has 1 aromatic carbocycles. The smallest absolute Gasteiger partial charge is 0.303 e. The van der Waals surface area contributed by atoms with Gasteiger partial charge in [0.2, 0.25) is 5.91 Å². The quantitative estimate of drug-likeness (QED) is 0.694. The first-order chi connectivity index (χ1) is 9.16. The molecule has 6 heteroatoms. The molecular formula is C13H15N3O3. The monoisotopic (exact) mass is 261 g/mol. The number of carboxylic acids is 1. The van der Waals surface area contributed by atoms with E-state index in [1.165, 1.54) is 0 Å². The zero-order chi connectivity index (χ0) is 13.7. The molecule has 0 aliphatic rings. The summed E-state index contributed by atoms with van der Waals surface area (Å²) in [5, 5.41) is 18.9. The minimum atomic E-state index is -0.830.